The van der Waals surface area contributed by atoms with Crippen LogP contribution in [0.3, 0.4) is 0 Å². The monoisotopic (exact) mass is 269 g/mol. The van der Waals surface area contributed by atoms with Gasteiger partial charge >= 0.3 is 0 Å². The van der Waals surface area contributed by atoms with Crippen molar-refractivity contribution >= 4 is 11.7 Å². The maximum Gasteiger partial charge on any atom is 0.223 e. The van der Waals surface area contributed by atoms with Crippen molar-refractivity contribution in [1.82, 2.24) is 5.32 Å². The van der Waals surface area contributed by atoms with E-state index in [4.69, 9.17) is 10.9 Å². The topological polar surface area (TPSA) is 87.7 Å². The first kappa shape index (κ1) is 15.8. The van der Waals surface area contributed by atoms with Gasteiger partial charge in [-0.1, -0.05) is 44.2 Å². The van der Waals surface area contributed by atoms with Gasteiger partial charge in [0, 0.05) is 18.4 Å². The molecule has 19 heavy (non-hydrogen) atoms. The van der Waals surface area contributed by atoms with Crippen molar-refractivity contribution in [3.05, 3.63) is 0 Å². The van der Waals surface area contributed by atoms with Gasteiger partial charge in [0.2, 0.25) is 5.91 Å². The molecule has 1 unspecified atom stereocenters. The fourth-order valence-electron chi connectivity index (χ4n) is 2.63. The van der Waals surface area contributed by atoms with Gasteiger partial charge in [0.25, 0.3) is 0 Å². The summed E-state index contributed by atoms with van der Waals surface area (Å²) in [6.45, 7) is 1.99. The van der Waals surface area contributed by atoms with E-state index in [9.17, 15) is 4.79 Å². The zero-order chi connectivity index (χ0) is 14.1. The quantitative estimate of drug-likeness (QED) is 0.310. The maximum atomic E-state index is 12.2. The van der Waals surface area contributed by atoms with Crippen molar-refractivity contribution in [3.8, 4) is 0 Å². The van der Waals surface area contributed by atoms with Gasteiger partial charge in [-0.3, -0.25) is 4.79 Å². The van der Waals surface area contributed by atoms with Crippen LogP contribution in [0, 0.1) is 5.92 Å². The first-order chi connectivity index (χ1) is 9.17. The number of hydrogen-bond acceptors (Lipinski definition) is 3. The molecule has 4 N–H and O–H groups in total. The normalized spacial score (nSPS) is 20.4. The first-order valence-electron chi connectivity index (χ1n) is 7.44. The molecule has 5 nitrogen and oxygen atoms in total. The number of nitrogens with one attached hydrogen (secondary N) is 1. The summed E-state index contributed by atoms with van der Waals surface area (Å²) in [6.07, 6.45) is 9.26. The predicted octanol–water partition coefficient (Wildman–Crippen LogP) is 2.38. The number of nitrogens with two attached hydrogens (primary N) is 1. The van der Waals surface area contributed by atoms with Gasteiger partial charge in [0.15, 0.2) is 0 Å². The molecule has 1 fully saturated rings. The standard InChI is InChI=1S/C14H27N3O2/c1-2-12(10-13(15)17-19)16-14(18)11-8-6-4-3-5-7-9-11/h11-12,19H,2-10H2,1H3,(H2,15,17)(H,16,18). The number of nitrogens with zero attached hydrogens (tertiary/aromatic N) is 1. The Morgan fingerprint density at radius 3 is 2.42 bits per heavy atom. The molecule has 110 valence electrons. The molecular formula is C14H27N3O2. The predicted molar refractivity (Wildman–Crippen MR) is 76.1 cm³/mol. The third-order valence-corrected chi connectivity index (χ3v) is 3.90. The average Bonchev–Trinajstić information content (AvgIpc) is 2.37. The van der Waals surface area contributed by atoms with Crippen molar-refractivity contribution < 1.29 is 10.0 Å². The summed E-state index contributed by atoms with van der Waals surface area (Å²) in [6, 6.07) is -0.0335. The van der Waals surface area contributed by atoms with Crippen LogP contribution in [0.5, 0.6) is 0 Å². The Morgan fingerprint density at radius 1 is 1.32 bits per heavy atom. The smallest absolute Gasteiger partial charge is 0.223 e. The largest absolute Gasteiger partial charge is 0.409 e. The molecule has 1 rings (SSSR count). The molecule has 0 aromatic carbocycles. The van der Waals surface area contributed by atoms with Gasteiger partial charge in [-0.25, -0.2) is 0 Å². The number of oxime groups is 1. The lowest BCUT2D eigenvalue weighted by Crippen LogP contribution is -2.41. The van der Waals surface area contributed by atoms with E-state index in [0.717, 1.165) is 32.1 Å². The van der Waals surface area contributed by atoms with Crippen LogP contribution >= 0.6 is 0 Å². The van der Waals surface area contributed by atoms with E-state index in [0.29, 0.717) is 6.42 Å². The van der Waals surface area contributed by atoms with Crippen LogP contribution in [0.1, 0.15) is 64.7 Å². The Morgan fingerprint density at radius 2 is 1.89 bits per heavy atom. The highest BCUT2D eigenvalue weighted by atomic mass is 16.4. The van der Waals surface area contributed by atoms with Crippen molar-refractivity contribution in [2.24, 2.45) is 16.8 Å². The minimum Gasteiger partial charge on any atom is -0.409 e. The molecule has 0 aliphatic heterocycles. The second kappa shape index (κ2) is 8.77. The van der Waals surface area contributed by atoms with Gasteiger partial charge in [-0.05, 0) is 19.3 Å². The Bertz CT molecular complexity index is 297. The van der Waals surface area contributed by atoms with Crippen LogP contribution in [0.25, 0.3) is 0 Å². The van der Waals surface area contributed by atoms with Gasteiger partial charge in [0.1, 0.15) is 5.84 Å². The third kappa shape index (κ3) is 5.94. The number of rotatable bonds is 5. The van der Waals surface area contributed by atoms with Gasteiger partial charge in [-0.2, -0.15) is 0 Å². The molecule has 0 heterocycles. The SMILES string of the molecule is CCC(CC(N)=NO)NC(=O)C1CCCCCCC1. The van der Waals surface area contributed by atoms with Crippen LogP contribution < -0.4 is 11.1 Å². The van der Waals surface area contributed by atoms with Crippen LogP contribution in [0.2, 0.25) is 0 Å². The molecule has 0 bridgehead atoms. The van der Waals surface area contributed by atoms with Crippen LogP contribution in [0.15, 0.2) is 5.16 Å². The Labute approximate surface area is 115 Å². The average molecular weight is 269 g/mol. The second-order valence-corrected chi connectivity index (χ2v) is 5.45. The number of amides is 1. The Kier molecular flexibility index (Phi) is 7.30. The summed E-state index contributed by atoms with van der Waals surface area (Å²) in [5, 5.41) is 14.6. The molecule has 0 aromatic heterocycles. The first-order valence-corrected chi connectivity index (χ1v) is 7.44. The Balaban J connectivity index is 2.45. The maximum absolute atomic E-state index is 12.2. The van der Waals surface area contributed by atoms with E-state index in [1.807, 2.05) is 6.92 Å². The highest BCUT2D eigenvalue weighted by Gasteiger charge is 2.21. The lowest BCUT2D eigenvalue weighted by atomic mass is 9.90. The number of hydrogen-bond donors (Lipinski definition) is 3. The molecular weight excluding hydrogens is 242 g/mol. The van der Waals surface area contributed by atoms with Gasteiger partial charge in [-0.15, -0.1) is 0 Å². The molecule has 0 radical (unpaired) electrons. The molecule has 1 amide bonds. The summed E-state index contributed by atoms with van der Waals surface area (Å²) >= 11 is 0. The number of carbonyl (C=O) groups excluding carboxylic acids is 1. The van der Waals surface area contributed by atoms with Gasteiger partial charge in [0.05, 0.1) is 0 Å². The van der Waals surface area contributed by atoms with Crippen molar-refractivity contribution in [2.75, 3.05) is 0 Å². The second-order valence-electron chi connectivity index (χ2n) is 5.45. The molecule has 1 aliphatic rings. The highest BCUT2D eigenvalue weighted by molar-refractivity contribution is 5.82. The summed E-state index contributed by atoms with van der Waals surface area (Å²) in [5.74, 6) is 0.450. The zero-order valence-corrected chi connectivity index (χ0v) is 11.9. The molecule has 1 atom stereocenters. The minimum atomic E-state index is -0.0335. The van der Waals surface area contributed by atoms with Crippen molar-refractivity contribution in [3.63, 3.8) is 0 Å². The fraction of sp³-hybridized carbons (Fsp3) is 0.857. The third-order valence-electron chi connectivity index (χ3n) is 3.90. The van der Waals surface area contributed by atoms with E-state index < -0.39 is 0 Å². The lowest BCUT2D eigenvalue weighted by Gasteiger charge is -2.23. The van der Waals surface area contributed by atoms with E-state index in [1.165, 1.54) is 19.3 Å². The molecule has 0 spiro atoms. The highest BCUT2D eigenvalue weighted by Crippen LogP contribution is 2.22. The zero-order valence-electron chi connectivity index (χ0n) is 11.9. The summed E-state index contributed by atoms with van der Waals surface area (Å²) in [5.41, 5.74) is 5.50. The molecule has 0 saturated heterocycles. The number of amidine groups is 1. The summed E-state index contributed by atoms with van der Waals surface area (Å²) < 4.78 is 0. The molecule has 5 heteroatoms. The number of carbonyl (C=O) groups is 1. The summed E-state index contributed by atoms with van der Waals surface area (Å²) in [4.78, 5) is 12.2. The Hall–Kier alpha value is -1.26. The lowest BCUT2D eigenvalue weighted by molar-refractivity contribution is -0.126. The van der Waals surface area contributed by atoms with Crippen molar-refractivity contribution in [2.45, 2.75) is 70.8 Å². The van der Waals surface area contributed by atoms with Gasteiger partial charge < -0.3 is 16.3 Å². The van der Waals surface area contributed by atoms with Crippen LogP contribution in [0.4, 0.5) is 0 Å². The van der Waals surface area contributed by atoms with E-state index in [2.05, 4.69) is 10.5 Å². The fourth-order valence-corrected chi connectivity index (χ4v) is 2.63. The van der Waals surface area contributed by atoms with Crippen LogP contribution in [-0.2, 0) is 4.79 Å². The van der Waals surface area contributed by atoms with Crippen molar-refractivity contribution in [1.29, 1.82) is 0 Å². The molecule has 0 aromatic rings. The van der Waals surface area contributed by atoms with E-state index in [1.54, 1.807) is 0 Å². The van der Waals surface area contributed by atoms with E-state index in [-0.39, 0.29) is 23.7 Å². The summed E-state index contributed by atoms with van der Waals surface area (Å²) in [7, 11) is 0. The minimum absolute atomic E-state index is 0.0335. The molecule has 1 aliphatic carbocycles. The molecule has 1 saturated carbocycles. The van der Waals surface area contributed by atoms with Crippen LogP contribution in [-0.4, -0.2) is 23.0 Å². The van der Waals surface area contributed by atoms with E-state index >= 15 is 0 Å².